The van der Waals surface area contributed by atoms with E-state index in [9.17, 15) is 29.4 Å². The van der Waals surface area contributed by atoms with Gasteiger partial charge in [0.15, 0.2) is 10.9 Å². The van der Waals surface area contributed by atoms with Crippen LogP contribution in [0.4, 0.5) is 0 Å². The number of nitrogens with one attached hydrogen (secondary N) is 1. The number of aromatic amines is 1. The minimum Gasteiger partial charge on any atom is -0.478 e. The van der Waals surface area contributed by atoms with Crippen molar-refractivity contribution in [3.8, 4) is 0 Å². The number of carboxylic acid groups (broad SMARTS) is 2. The summed E-state index contributed by atoms with van der Waals surface area (Å²) in [6.45, 7) is 5.58. The third kappa shape index (κ3) is 5.04. The molecular weight excluding hydrogens is 543 g/mol. The molecule has 2 aromatic carbocycles. The lowest BCUT2D eigenvalue weighted by atomic mass is 10.0. The predicted molar refractivity (Wildman–Crippen MR) is 155 cm³/mol. The Morgan fingerprint density at radius 1 is 1.03 bits per heavy atom. The smallest absolute Gasteiger partial charge is 0.335 e. The van der Waals surface area contributed by atoms with Crippen molar-refractivity contribution in [2.24, 2.45) is 0 Å². The van der Waals surface area contributed by atoms with Gasteiger partial charge in [-0.2, -0.15) is 0 Å². The molecule has 2 heterocycles. The highest BCUT2D eigenvalue weighted by molar-refractivity contribution is 6.27. The molecule has 0 saturated carbocycles. The van der Waals surface area contributed by atoms with Crippen LogP contribution in [-0.2, 0) is 6.54 Å². The van der Waals surface area contributed by atoms with Crippen molar-refractivity contribution in [3.63, 3.8) is 0 Å². The van der Waals surface area contributed by atoms with E-state index in [4.69, 9.17) is 23.2 Å². The number of H-pyrrole nitrogens is 1. The van der Waals surface area contributed by atoms with E-state index in [1.165, 1.54) is 29.8 Å². The molecule has 198 valence electrons. The van der Waals surface area contributed by atoms with Gasteiger partial charge in [0.2, 0.25) is 0 Å². The summed E-state index contributed by atoms with van der Waals surface area (Å²) < 4.78 is 1.67. The fourth-order valence-electron chi connectivity index (χ4n) is 4.64. The Balaban J connectivity index is 2.19. The maximum Gasteiger partial charge on any atom is 0.335 e. The number of pyridine rings is 2. The third-order valence-corrected chi connectivity index (χ3v) is 6.63. The predicted octanol–water partition coefficient (Wildman–Crippen LogP) is 3.96. The van der Waals surface area contributed by atoms with Crippen molar-refractivity contribution in [3.05, 3.63) is 101 Å². The van der Waals surface area contributed by atoms with Gasteiger partial charge in [-0.15, -0.1) is 11.6 Å². The lowest BCUT2D eigenvalue weighted by Crippen LogP contribution is -2.41. The van der Waals surface area contributed by atoms with Gasteiger partial charge >= 0.3 is 11.9 Å². The Labute approximate surface area is 231 Å². The molecule has 8 nitrogen and oxygen atoms in total. The molecule has 10 heteroatoms. The Bertz CT molecular complexity index is 1940. The standard InChI is InChI=1S/C29H22Cl2N2O6/c1-3-22-18(5-7-30)26(34)20-13-25-21(12-23(20)32-22)27(35)19(6-8-31)24(4-2)33(25)14-15-9-16(28(36)37)11-17(10-15)29(38)39/h3-6,8-13,32H,2,7,14H2,1H3,(H,36,37)(H,38,39)/b8-6+,18-5+,22-3+. The average Bonchev–Trinajstić information content (AvgIpc) is 2.92. The molecular formula is C29H22Cl2N2O6. The van der Waals surface area contributed by atoms with Gasteiger partial charge in [0.25, 0.3) is 0 Å². The van der Waals surface area contributed by atoms with Gasteiger partial charge < -0.3 is 19.8 Å². The number of hydrogen-bond donors (Lipinski definition) is 3. The highest BCUT2D eigenvalue weighted by atomic mass is 35.5. The largest absolute Gasteiger partial charge is 0.478 e. The maximum absolute atomic E-state index is 13.6. The molecule has 3 N–H and O–H groups in total. The lowest BCUT2D eigenvalue weighted by Gasteiger charge is -2.19. The number of benzene rings is 2. The van der Waals surface area contributed by atoms with Crippen molar-refractivity contribution in [2.75, 3.05) is 5.88 Å². The minimum atomic E-state index is -1.29. The van der Waals surface area contributed by atoms with Crippen LogP contribution in [-0.4, -0.2) is 37.6 Å². The van der Waals surface area contributed by atoms with Crippen molar-refractivity contribution >= 4 is 81.3 Å². The van der Waals surface area contributed by atoms with Crippen LogP contribution < -0.4 is 21.4 Å². The van der Waals surface area contributed by atoms with Crippen LogP contribution in [0.1, 0.15) is 44.5 Å². The van der Waals surface area contributed by atoms with Crippen molar-refractivity contribution < 1.29 is 19.8 Å². The zero-order valence-electron chi connectivity index (χ0n) is 20.6. The second kappa shape index (κ2) is 11.1. The molecule has 0 unspecified atom stereocenters. The van der Waals surface area contributed by atoms with Crippen LogP contribution in [0.3, 0.4) is 0 Å². The highest BCUT2D eigenvalue weighted by Gasteiger charge is 2.18. The molecule has 0 fully saturated rings. The normalized spacial score (nSPS) is 12.6. The number of aromatic nitrogens is 2. The Hall–Kier alpha value is -4.40. The first-order valence-corrected chi connectivity index (χ1v) is 12.6. The van der Waals surface area contributed by atoms with E-state index in [0.717, 1.165) is 6.07 Å². The number of fused-ring (bicyclic) bond motifs is 2. The van der Waals surface area contributed by atoms with Crippen LogP contribution in [0, 0.1) is 0 Å². The summed E-state index contributed by atoms with van der Waals surface area (Å²) in [6.07, 6.45) is 6.20. The van der Waals surface area contributed by atoms with Crippen LogP contribution in [0.15, 0.2) is 52.0 Å². The Morgan fingerprint density at radius 3 is 2.23 bits per heavy atom. The molecule has 0 aliphatic rings. The van der Waals surface area contributed by atoms with Crippen molar-refractivity contribution in [1.82, 2.24) is 9.55 Å². The lowest BCUT2D eigenvalue weighted by molar-refractivity contribution is 0.0696. The van der Waals surface area contributed by atoms with Crippen LogP contribution in [0.25, 0.3) is 46.1 Å². The topological polar surface area (TPSA) is 129 Å². The van der Waals surface area contributed by atoms with E-state index >= 15 is 0 Å². The average molecular weight is 565 g/mol. The van der Waals surface area contributed by atoms with Gasteiger partial charge in [-0.05, 0) is 55.0 Å². The summed E-state index contributed by atoms with van der Waals surface area (Å²) >= 11 is 11.8. The third-order valence-electron chi connectivity index (χ3n) is 6.35. The Morgan fingerprint density at radius 2 is 1.69 bits per heavy atom. The zero-order chi connectivity index (χ0) is 28.4. The van der Waals surface area contributed by atoms with Gasteiger partial charge in [-0.25, -0.2) is 9.59 Å². The van der Waals surface area contributed by atoms with Crippen molar-refractivity contribution in [1.29, 1.82) is 0 Å². The van der Waals surface area contributed by atoms with Crippen molar-refractivity contribution in [2.45, 2.75) is 13.5 Å². The van der Waals surface area contributed by atoms with E-state index in [-0.39, 0.29) is 45.4 Å². The summed E-state index contributed by atoms with van der Waals surface area (Å²) in [5.74, 6) is -2.46. The number of rotatable bonds is 7. The minimum absolute atomic E-state index is 0.0342. The van der Waals surface area contributed by atoms with E-state index < -0.39 is 11.9 Å². The van der Waals surface area contributed by atoms with E-state index in [1.54, 1.807) is 35.8 Å². The molecule has 0 spiro atoms. The molecule has 39 heavy (non-hydrogen) atoms. The Kier molecular flexibility index (Phi) is 7.90. The van der Waals surface area contributed by atoms with E-state index in [1.807, 2.05) is 0 Å². The summed E-state index contributed by atoms with van der Waals surface area (Å²) in [4.78, 5) is 53.6. The first-order chi connectivity index (χ1) is 18.6. The number of carboxylic acids is 2. The van der Waals surface area contributed by atoms with Gasteiger partial charge in [0.05, 0.1) is 27.9 Å². The molecule has 0 bridgehead atoms. The number of nitrogens with zero attached hydrogens (tertiary/aromatic N) is 1. The van der Waals surface area contributed by atoms with E-state index in [2.05, 4.69) is 11.6 Å². The summed E-state index contributed by atoms with van der Waals surface area (Å²) in [6, 6.07) is 6.94. The molecule has 0 atom stereocenters. The number of alkyl halides is 1. The molecule has 0 amide bonds. The molecule has 0 aliphatic heterocycles. The molecule has 4 aromatic rings. The molecule has 0 aliphatic carbocycles. The maximum atomic E-state index is 13.6. The number of hydrogen-bond acceptors (Lipinski definition) is 4. The molecule has 0 radical (unpaired) electrons. The summed E-state index contributed by atoms with van der Waals surface area (Å²) in [5, 5.41) is 20.6. The molecule has 2 aromatic heterocycles. The van der Waals surface area contributed by atoms with Gasteiger partial charge in [-0.3, -0.25) is 9.59 Å². The monoisotopic (exact) mass is 564 g/mol. The van der Waals surface area contributed by atoms with Gasteiger partial charge in [0.1, 0.15) is 0 Å². The van der Waals surface area contributed by atoms with Gasteiger partial charge in [0, 0.05) is 44.9 Å². The number of aromatic carboxylic acids is 2. The fraction of sp³-hybridized carbons (Fsp3) is 0.103. The SMILES string of the molecule is C=Cc1c(/C=C/Cl)c(=O)c2cc3[nH]c(=C/C)/c(=C\CCl)c(=O)c3cc2n1Cc1cc(C(=O)O)cc(C(=O)O)c1. The highest BCUT2D eigenvalue weighted by Crippen LogP contribution is 2.24. The zero-order valence-corrected chi connectivity index (χ0v) is 22.1. The molecule has 4 rings (SSSR count). The summed E-state index contributed by atoms with van der Waals surface area (Å²) in [7, 11) is 0. The first-order valence-electron chi connectivity index (χ1n) is 11.6. The number of carbonyl (C=O) groups is 2. The van der Waals surface area contributed by atoms with Crippen LogP contribution >= 0.6 is 23.2 Å². The van der Waals surface area contributed by atoms with Crippen LogP contribution in [0.5, 0.6) is 0 Å². The fourth-order valence-corrected chi connectivity index (χ4v) is 4.92. The van der Waals surface area contributed by atoms with E-state index in [0.29, 0.717) is 38.2 Å². The van der Waals surface area contributed by atoms with Gasteiger partial charge in [-0.1, -0.05) is 30.3 Å². The first kappa shape index (κ1) is 27.6. The second-order valence-corrected chi connectivity index (χ2v) is 9.14. The van der Waals surface area contributed by atoms with Crippen LogP contribution in [0.2, 0.25) is 0 Å². The summed E-state index contributed by atoms with van der Waals surface area (Å²) in [5.41, 5.74) is 1.85. The number of halogens is 2. The molecule has 0 saturated heterocycles. The second-order valence-electron chi connectivity index (χ2n) is 8.58. The quantitative estimate of drug-likeness (QED) is 0.230.